The summed E-state index contributed by atoms with van der Waals surface area (Å²) < 4.78 is 5.23. The zero-order valence-corrected chi connectivity index (χ0v) is 21.4. The number of ether oxygens (including phenoxy) is 1. The quantitative estimate of drug-likeness (QED) is 0.148. The molecule has 0 fully saturated rings. The molecule has 0 aliphatic heterocycles. The van der Waals surface area contributed by atoms with Gasteiger partial charge in [-0.05, 0) is 51.3 Å². The first-order chi connectivity index (χ1) is 13.5. The van der Waals surface area contributed by atoms with Crippen LogP contribution in [-0.4, -0.2) is 96.8 Å². The molecule has 0 aromatic heterocycles. The molecular formula is C16H20I3NO9. The van der Waals surface area contributed by atoms with E-state index in [2.05, 4.69) is 0 Å². The Kier molecular flexibility index (Phi) is 11.2. The van der Waals surface area contributed by atoms with E-state index in [1.54, 1.807) is 45.2 Å². The van der Waals surface area contributed by atoms with E-state index >= 15 is 0 Å². The van der Waals surface area contributed by atoms with Crippen LogP contribution in [0.4, 0.5) is 0 Å². The third-order valence-corrected chi connectivity index (χ3v) is 7.54. The molecule has 1 aliphatic rings. The molecule has 10 nitrogen and oxygen atoms in total. The zero-order valence-electron chi connectivity index (χ0n) is 14.9. The van der Waals surface area contributed by atoms with E-state index in [9.17, 15) is 29.7 Å². The van der Waals surface area contributed by atoms with Crippen LogP contribution in [0.25, 0.3) is 0 Å². The minimum Gasteiger partial charge on any atom is -0.479 e. The molecule has 13 heteroatoms. The van der Waals surface area contributed by atoms with Gasteiger partial charge in [0.2, 0.25) is 11.5 Å². The number of nitrogens with zero attached hydrogens (tertiary/aromatic N) is 1. The molecule has 0 bridgehead atoms. The zero-order chi connectivity index (χ0) is 22.4. The predicted octanol–water partition coefficient (Wildman–Crippen LogP) is 0.300. The van der Waals surface area contributed by atoms with E-state index in [1.807, 2.05) is 22.6 Å². The topological polar surface area (TPSA) is 165 Å². The van der Waals surface area contributed by atoms with Crippen molar-refractivity contribution in [2.24, 2.45) is 0 Å². The van der Waals surface area contributed by atoms with Gasteiger partial charge in [-0.2, -0.15) is 0 Å². The summed E-state index contributed by atoms with van der Waals surface area (Å²) in [7, 11) is 0. The second-order valence-corrected chi connectivity index (χ2v) is 9.53. The van der Waals surface area contributed by atoms with E-state index in [0.29, 0.717) is 3.58 Å². The van der Waals surface area contributed by atoms with Gasteiger partial charge in [-0.3, -0.25) is 4.79 Å². The Labute approximate surface area is 207 Å². The third kappa shape index (κ3) is 6.45. The number of carbonyl (C=O) groups excluding carboxylic acids is 1. The fourth-order valence-corrected chi connectivity index (χ4v) is 7.61. The van der Waals surface area contributed by atoms with Crippen molar-refractivity contribution in [3.8, 4) is 0 Å². The van der Waals surface area contributed by atoms with Gasteiger partial charge < -0.3 is 35.2 Å². The SMILES string of the molecule is O=C(O)C1=C(I)C=C(I)C(OCCC(=O)N(CCO)CC(O)CO)(C(=O)O)C1I. The summed E-state index contributed by atoms with van der Waals surface area (Å²) in [6, 6.07) is 0. The van der Waals surface area contributed by atoms with Crippen molar-refractivity contribution in [3.63, 3.8) is 0 Å². The largest absolute Gasteiger partial charge is 0.479 e. The Balaban J connectivity index is 2.98. The van der Waals surface area contributed by atoms with Crippen LogP contribution in [0.3, 0.4) is 0 Å². The van der Waals surface area contributed by atoms with Gasteiger partial charge in [-0.25, -0.2) is 9.59 Å². The van der Waals surface area contributed by atoms with E-state index in [0.717, 1.165) is 4.90 Å². The highest BCUT2D eigenvalue weighted by atomic mass is 127. The standard InChI is InChI=1S/C16H20I3NO9/c17-9-5-10(18)16(15(27)28,13(19)12(9)14(25)26)29-4-1-11(24)20(2-3-21)6-8(23)7-22/h5,8,13,21-23H,1-4,6-7H2,(H,25,26)(H,27,28). The van der Waals surface area contributed by atoms with Gasteiger partial charge in [-0.1, -0.05) is 22.6 Å². The highest BCUT2D eigenvalue weighted by molar-refractivity contribution is 14.1. The fraction of sp³-hybridized carbons (Fsp3) is 0.562. The lowest BCUT2D eigenvalue weighted by Gasteiger charge is -2.37. The molecule has 0 aromatic rings. The lowest BCUT2D eigenvalue weighted by molar-refractivity contribution is -0.160. The Morgan fingerprint density at radius 2 is 1.86 bits per heavy atom. The van der Waals surface area contributed by atoms with Gasteiger partial charge in [0.25, 0.3) is 0 Å². The first-order valence-corrected chi connectivity index (χ1v) is 11.6. The molecule has 3 unspecified atom stereocenters. The number of alkyl halides is 1. The highest BCUT2D eigenvalue weighted by Crippen LogP contribution is 2.45. The minimum absolute atomic E-state index is 0.0730. The highest BCUT2D eigenvalue weighted by Gasteiger charge is 2.54. The molecule has 3 atom stereocenters. The smallest absolute Gasteiger partial charge is 0.342 e. The van der Waals surface area contributed by atoms with Gasteiger partial charge in [0.1, 0.15) is 0 Å². The minimum atomic E-state index is -1.96. The maximum absolute atomic E-state index is 12.4. The van der Waals surface area contributed by atoms with E-state index in [1.165, 1.54) is 6.08 Å². The van der Waals surface area contributed by atoms with Crippen LogP contribution in [0.2, 0.25) is 0 Å². The molecule has 0 saturated carbocycles. The molecule has 0 radical (unpaired) electrons. The second kappa shape index (κ2) is 12.1. The van der Waals surface area contributed by atoms with Crippen molar-refractivity contribution in [1.82, 2.24) is 4.90 Å². The Bertz CT molecular complexity index is 712. The summed E-state index contributed by atoms with van der Waals surface area (Å²) in [6.07, 6.45) is -0.0160. The Morgan fingerprint density at radius 1 is 1.24 bits per heavy atom. The molecular weight excluding hydrogens is 731 g/mol. The van der Waals surface area contributed by atoms with Gasteiger partial charge in [0, 0.05) is 20.2 Å². The summed E-state index contributed by atoms with van der Waals surface area (Å²) in [5, 5.41) is 46.8. The third-order valence-electron chi connectivity index (χ3n) is 4.03. The number of rotatable bonds is 11. The Morgan fingerprint density at radius 3 is 2.34 bits per heavy atom. The first kappa shape index (κ1) is 27.0. The molecule has 29 heavy (non-hydrogen) atoms. The van der Waals surface area contributed by atoms with Gasteiger partial charge in [-0.15, -0.1) is 0 Å². The van der Waals surface area contributed by atoms with Gasteiger partial charge in [0.05, 0.1) is 41.8 Å². The average Bonchev–Trinajstić information content (AvgIpc) is 2.62. The summed E-state index contributed by atoms with van der Waals surface area (Å²) in [6.45, 7) is -1.51. The van der Waals surface area contributed by atoms with Crippen LogP contribution in [-0.2, 0) is 19.1 Å². The van der Waals surface area contributed by atoms with Crippen LogP contribution in [0, 0.1) is 0 Å². The number of hydrogen-bond donors (Lipinski definition) is 5. The molecule has 1 aliphatic carbocycles. The molecule has 0 heterocycles. The molecule has 5 N–H and O–H groups in total. The number of aliphatic carboxylic acids is 2. The second-order valence-electron chi connectivity index (χ2n) is 5.96. The van der Waals surface area contributed by atoms with Crippen LogP contribution in [0.5, 0.6) is 0 Å². The molecule has 0 aromatic carbocycles. The van der Waals surface area contributed by atoms with Crippen LogP contribution >= 0.6 is 67.8 Å². The molecule has 1 rings (SSSR count). The van der Waals surface area contributed by atoms with E-state index < -0.39 is 40.1 Å². The number of allylic oxidation sites excluding steroid dienone is 2. The number of aliphatic hydroxyl groups excluding tert-OH is 3. The van der Waals surface area contributed by atoms with Crippen LogP contribution in [0.15, 0.2) is 18.8 Å². The molecule has 1 amide bonds. The number of carbonyl (C=O) groups is 3. The monoisotopic (exact) mass is 751 g/mol. The number of carboxylic acid groups (broad SMARTS) is 2. The predicted molar refractivity (Wildman–Crippen MR) is 126 cm³/mol. The number of aliphatic hydroxyl groups is 3. The lowest BCUT2D eigenvalue weighted by Crippen LogP contribution is -2.53. The number of carboxylic acids is 2. The Hall–Kier alpha value is -0.0800. The van der Waals surface area contributed by atoms with E-state index in [4.69, 9.17) is 14.9 Å². The van der Waals surface area contributed by atoms with Gasteiger partial charge >= 0.3 is 11.9 Å². The van der Waals surface area contributed by atoms with E-state index in [-0.39, 0.29) is 41.9 Å². The lowest BCUT2D eigenvalue weighted by atomic mass is 9.89. The van der Waals surface area contributed by atoms with Crippen molar-refractivity contribution in [2.45, 2.75) is 22.1 Å². The summed E-state index contributed by atoms with van der Waals surface area (Å²) in [4.78, 5) is 37.2. The van der Waals surface area contributed by atoms with Crippen LogP contribution < -0.4 is 0 Å². The number of amides is 1. The van der Waals surface area contributed by atoms with Crippen molar-refractivity contribution >= 4 is 85.6 Å². The average molecular weight is 751 g/mol. The maximum atomic E-state index is 12.4. The fourth-order valence-electron chi connectivity index (χ4n) is 2.57. The summed E-state index contributed by atoms with van der Waals surface area (Å²) >= 11 is 5.32. The number of halogens is 3. The van der Waals surface area contributed by atoms with Gasteiger partial charge in [0.15, 0.2) is 0 Å². The van der Waals surface area contributed by atoms with Crippen molar-refractivity contribution in [1.29, 1.82) is 0 Å². The molecule has 0 spiro atoms. The van der Waals surface area contributed by atoms with Crippen molar-refractivity contribution in [3.05, 3.63) is 18.8 Å². The normalized spacial score (nSPS) is 22.8. The van der Waals surface area contributed by atoms with Crippen LogP contribution in [0.1, 0.15) is 6.42 Å². The molecule has 164 valence electrons. The maximum Gasteiger partial charge on any atom is 0.342 e. The first-order valence-electron chi connectivity index (χ1n) is 8.22. The van der Waals surface area contributed by atoms with Crippen molar-refractivity contribution in [2.75, 3.05) is 32.9 Å². The summed E-state index contributed by atoms with van der Waals surface area (Å²) in [5.41, 5.74) is -2.07. The summed E-state index contributed by atoms with van der Waals surface area (Å²) in [5.74, 6) is -3.16. The van der Waals surface area contributed by atoms with Crippen molar-refractivity contribution < 1.29 is 44.7 Å². The molecule has 0 saturated heterocycles. The number of hydrogen-bond acceptors (Lipinski definition) is 7.